The molecule has 88 valence electrons. The highest BCUT2D eigenvalue weighted by Crippen LogP contribution is 2.23. The van der Waals surface area contributed by atoms with E-state index >= 15 is 0 Å². The molecule has 5 nitrogen and oxygen atoms in total. The fourth-order valence-electron chi connectivity index (χ4n) is 1.88. The quantitative estimate of drug-likeness (QED) is 0.571. The standard InChI is InChI=1S/C10H20N2O3/c1-5(4-11)8(7(3)13)6(2)9(12)10(14)15/h5-6,8-9H,4,11-12H2,1-3H3,(H,14,15)/t5?,6?,8?,9-/m0/s1. The topological polar surface area (TPSA) is 106 Å². The predicted molar refractivity (Wildman–Crippen MR) is 57.2 cm³/mol. The fraction of sp³-hybridized carbons (Fsp3) is 0.800. The van der Waals surface area contributed by atoms with Crippen molar-refractivity contribution in [2.75, 3.05) is 6.54 Å². The Morgan fingerprint density at radius 3 is 2.07 bits per heavy atom. The number of carbonyl (C=O) groups is 2. The molecule has 0 aromatic carbocycles. The maximum absolute atomic E-state index is 11.4. The van der Waals surface area contributed by atoms with Crippen LogP contribution in [0.1, 0.15) is 20.8 Å². The van der Waals surface area contributed by atoms with Gasteiger partial charge >= 0.3 is 5.97 Å². The van der Waals surface area contributed by atoms with Gasteiger partial charge in [-0.3, -0.25) is 9.59 Å². The lowest BCUT2D eigenvalue weighted by molar-refractivity contribution is -0.141. The molecule has 0 radical (unpaired) electrons. The minimum atomic E-state index is -1.09. The number of rotatable bonds is 6. The number of Topliss-reactive ketones (excluding diaryl/α,β-unsaturated/α-hetero) is 1. The van der Waals surface area contributed by atoms with E-state index < -0.39 is 17.9 Å². The van der Waals surface area contributed by atoms with Crippen molar-refractivity contribution in [2.24, 2.45) is 29.2 Å². The lowest BCUT2D eigenvalue weighted by Crippen LogP contribution is -2.45. The molecule has 5 N–H and O–H groups in total. The number of carboxylic acid groups (broad SMARTS) is 1. The Morgan fingerprint density at radius 1 is 1.33 bits per heavy atom. The molecule has 0 fully saturated rings. The van der Waals surface area contributed by atoms with Gasteiger partial charge in [-0.1, -0.05) is 13.8 Å². The SMILES string of the molecule is CC(=O)C(C(C)CN)C(C)[C@H](N)C(=O)O. The Labute approximate surface area is 89.8 Å². The van der Waals surface area contributed by atoms with E-state index in [2.05, 4.69) is 0 Å². The first-order chi connectivity index (χ1) is 6.82. The van der Waals surface area contributed by atoms with Gasteiger partial charge in [0, 0.05) is 5.92 Å². The first-order valence-electron chi connectivity index (χ1n) is 5.01. The summed E-state index contributed by atoms with van der Waals surface area (Å²) < 4.78 is 0. The van der Waals surface area contributed by atoms with Crippen LogP contribution in [0, 0.1) is 17.8 Å². The van der Waals surface area contributed by atoms with Gasteiger partial charge in [0.2, 0.25) is 0 Å². The molecular weight excluding hydrogens is 196 g/mol. The summed E-state index contributed by atoms with van der Waals surface area (Å²) in [5.74, 6) is -1.99. The zero-order valence-corrected chi connectivity index (χ0v) is 9.43. The van der Waals surface area contributed by atoms with Crippen LogP contribution in [0.5, 0.6) is 0 Å². The van der Waals surface area contributed by atoms with Crippen LogP contribution < -0.4 is 11.5 Å². The van der Waals surface area contributed by atoms with E-state index in [1.807, 2.05) is 6.92 Å². The number of hydrogen-bond acceptors (Lipinski definition) is 4. The van der Waals surface area contributed by atoms with Gasteiger partial charge in [-0.05, 0) is 25.3 Å². The average molecular weight is 216 g/mol. The lowest BCUT2D eigenvalue weighted by atomic mass is 9.77. The van der Waals surface area contributed by atoms with E-state index in [1.54, 1.807) is 6.92 Å². The second-order valence-electron chi connectivity index (χ2n) is 4.07. The molecule has 0 bridgehead atoms. The average Bonchev–Trinajstić information content (AvgIpc) is 2.15. The summed E-state index contributed by atoms with van der Waals surface area (Å²) in [5, 5.41) is 8.77. The number of aliphatic carboxylic acids is 1. The second kappa shape index (κ2) is 5.82. The molecular formula is C10H20N2O3. The van der Waals surface area contributed by atoms with Crippen LogP contribution in [-0.4, -0.2) is 29.4 Å². The van der Waals surface area contributed by atoms with Crippen LogP contribution >= 0.6 is 0 Å². The minimum absolute atomic E-state index is 0.0529. The number of carbonyl (C=O) groups excluding carboxylic acids is 1. The number of hydrogen-bond donors (Lipinski definition) is 3. The molecule has 0 saturated carbocycles. The van der Waals surface area contributed by atoms with E-state index in [9.17, 15) is 9.59 Å². The van der Waals surface area contributed by atoms with Crippen molar-refractivity contribution in [3.8, 4) is 0 Å². The maximum Gasteiger partial charge on any atom is 0.320 e. The molecule has 0 rings (SSSR count). The highest BCUT2D eigenvalue weighted by Gasteiger charge is 2.33. The molecule has 5 heteroatoms. The lowest BCUT2D eigenvalue weighted by Gasteiger charge is -2.28. The van der Waals surface area contributed by atoms with Crippen molar-refractivity contribution >= 4 is 11.8 Å². The molecule has 3 unspecified atom stereocenters. The predicted octanol–water partition coefficient (Wildman–Crippen LogP) is -0.166. The summed E-state index contributed by atoms with van der Waals surface area (Å²) in [4.78, 5) is 22.1. The van der Waals surface area contributed by atoms with Gasteiger partial charge in [-0.15, -0.1) is 0 Å². The normalized spacial score (nSPS) is 19.0. The molecule has 0 saturated heterocycles. The van der Waals surface area contributed by atoms with Crippen molar-refractivity contribution in [3.05, 3.63) is 0 Å². The van der Waals surface area contributed by atoms with Crippen LogP contribution in [0.2, 0.25) is 0 Å². The van der Waals surface area contributed by atoms with Gasteiger partial charge < -0.3 is 16.6 Å². The third kappa shape index (κ3) is 3.60. The molecule has 4 atom stereocenters. The highest BCUT2D eigenvalue weighted by molar-refractivity contribution is 5.81. The van der Waals surface area contributed by atoms with E-state index in [4.69, 9.17) is 16.6 Å². The van der Waals surface area contributed by atoms with Gasteiger partial charge in [0.05, 0.1) is 0 Å². The Morgan fingerprint density at radius 2 is 1.80 bits per heavy atom. The van der Waals surface area contributed by atoms with Crippen LogP contribution in [0.25, 0.3) is 0 Å². The molecule has 0 aliphatic heterocycles. The van der Waals surface area contributed by atoms with Crippen LogP contribution in [-0.2, 0) is 9.59 Å². The summed E-state index contributed by atoms with van der Waals surface area (Å²) in [7, 11) is 0. The third-order valence-electron chi connectivity index (χ3n) is 2.87. The number of ketones is 1. The van der Waals surface area contributed by atoms with Gasteiger partial charge in [-0.2, -0.15) is 0 Å². The maximum atomic E-state index is 11.4. The molecule has 0 aliphatic rings. The third-order valence-corrected chi connectivity index (χ3v) is 2.87. The van der Waals surface area contributed by atoms with E-state index in [0.717, 1.165) is 0 Å². The van der Waals surface area contributed by atoms with Crippen molar-refractivity contribution in [1.82, 2.24) is 0 Å². The number of carboxylic acids is 1. The monoisotopic (exact) mass is 216 g/mol. The first kappa shape index (κ1) is 14.1. The number of nitrogens with two attached hydrogens (primary N) is 2. The first-order valence-corrected chi connectivity index (χ1v) is 5.01. The van der Waals surface area contributed by atoms with Crippen LogP contribution in [0.15, 0.2) is 0 Å². The summed E-state index contributed by atoms with van der Waals surface area (Å²) in [6.07, 6.45) is 0. The van der Waals surface area contributed by atoms with E-state index in [1.165, 1.54) is 6.92 Å². The summed E-state index contributed by atoms with van der Waals surface area (Å²) in [6.45, 7) is 5.30. The van der Waals surface area contributed by atoms with Crippen molar-refractivity contribution in [3.63, 3.8) is 0 Å². The van der Waals surface area contributed by atoms with Gasteiger partial charge in [0.15, 0.2) is 0 Å². The fourth-order valence-corrected chi connectivity index (χ4v) is 1.88. The van der Waals surface area contributed by atoms with Gasteiger partial charge in [0.25, 0.3) is 0 Å². The summed E-state index contributed by atoms with van der Waals surface area (Å²) >= 11 is 0. The minimum Gasteiger partial charge on any atom is -0.480 e. The smallest absolute Gasteiger partial charge is 0.320 e. The van der Waals surface area contributed by atoms with E-state index in [-0.39, 0.29) is 17.6 Å². The highest BCUT2D eigenvalue weighted by atomic mass is 16.4. The molecule has 0 aromatic heterocycles. The zero-order chi connectivity index (χ0) is 12.2. The van der Waals surface area contributed by atoms with Gasteiger partial charge in [-0.25, -0.2) is 0 Å². The van der Waals surface area contributed by atoms with Gasteiger partial charge in [0.1, 0.15) is 11.8 Å². The van der Waals surface area contributed by atoms with Crippen molar-refractivity contribution < 1.29 is 14.7 Å². The Balaban J connectivity index is 4.77. The van der Waals surface area contributed by atoms with Crippen molar-refractivity contribution in [2.45, 2.75) is 26.8 Å². The van der Waals surface area contributed by atoms with Crippen LogP contribution in [0.3, 0.4) is 0 Å². The zero-order valence-electron chi connectivity index (χ0n) is 9.43. The molecule has 0 heterocycles. The Bertz CT molecular complexity index is 243. The Hall–Kier alpha value is -0.940. The summed E-state index contributed by atoms with van der Waals surface area (Å²) in [5.41, 5.74) is 11.0. The second-order valence-corrected chi connectivity index (χ2v) is 4.07. The molecule has 0 aliphatic carbocycles. The Kier molecular flexibility index (Phi) is 5.46. The molecule has 0 aromatic rings. The largest absolute Gasteiger partial charge is 0.480 e. The van der Waals surface area contributed by atoms with Crippen molar-refractivity contribution in [1.29, 1.82) is 0 Å². The molecule has 0 spiro atoms. The summed E-state index contributed by atoms with van der Waals surface area (Å²) in [6, 6.07) is -1.02. The molecule has 15 heavy (non-hydrogen) atoms. The van der Waals surface area contributed by atoms with Crippen LogP contribution in [0.4, 0.5) is 0 Å². The van der Waals surface area contributed by atoms with E-state index in [0.29, 0.717) is 6.54 Å². The molecule has 0 amide bonds.